The molecule has 5 nitrogen and oxygen atoms in total. The van der Waals surface area contributed by atoms with Gasteiger partial charge in [-0.1, -0.05) is 18.2 Å². The van der Waals surface area contributed by atoms with Gasteiger partial charge in [-0.25, -0.2) is 0 Å². The molecule has 128 valence electrons. The van der Waals surface area contributed by atoms with Crippen molar-refractivity contribution in [3.05, 3.63) is 36.0 Å². The Hall–Kier alpha value is -2.30. The lowest BCUT2D eigenvalue weighted by molar-refractivity contribution is -0.137. The molecular weight excluding hydrogens is 302 g/mol. The van der Waals surface area contributed by atoms with Crippen molar-refractivity contribution < 1.29 is 9.59 Å². The van der Waals surface area contributed by atoms with Gasteiger partial charge in [0.05, 0.1) is 5.92 Å². The second kappa shape index (κ2) is 6.67. The topological polar surface area (TPSA) is 56.4 Å². The number of carbonyl (C=O) groups excluding carboxylic acids is 2. The first-order valence-electron chi connectivity index (χ1n) is 8.61. The molecule has 0 spiro atoms. The van der Waals surface area contributed by atoms with E-state index >= 15 is 0 Å². The predicted molar refractivity (Wildman–Crippen MR) is 94.8 cm³/mol. The van der Waals surface area contributed by atoms with Crippen molar-refractivity contribution in [3.63, 3.8) is 0 Å². The van der Waals surface area contributed by atoms with Gasteiger partial charge in [0.25, 0.3) is 5.91 Å². The summed E-state index contributed by atoms with van der Waals surface area (Å²) >= 11 is 0. The number of benzene rings is 1. The third kappa shape index (κ3) is 3.16. The van der Waals surface area contributed by atoms with E-state index in [1.54, 1.807) is 4.90 Å². The van der Waals surface area contributed by atoms with Crippen LogP contribution in [0.15, 0.2) is 30.3 Å². The number of nitrogens with one attached hydrogen (secondary N) is 1. The lowest BCUT2D eigenvalue weighted by atomic mass is 9.96. The zero-order valence-corrected chi connectivity index (χ0v) is 14.6. The third-order valence-electron chi connectivity index (χ3n) is 4.94. The minimum Gasteiger partial charge on any atom is -0.351 e. The van der Waals surface area contributed by atoms with Crippen LogP contribution < -0.4 is 0 Å². The quantitative estimate of drug-likeness (QED) is 0.942. The molecule has 1 aliphatic rings. The van der Waals surface area contributed by atoms with E-state index in [0.717, 1.165) is 23.7 Å². The molecule has 2 amide bonds. The minimum absolute atomic E-state index is 0.0177. The van der Waals surface area contributed by atoms with Gasteiger partial charge < -0.3 is 14.8 Å². The van der Waals surface area contributed by atoms with E-state index in [4.69, 9.17) is 0 Å². The number of aromatic amines is 1. The van der Waals surface area contributed by atoms with Crippen molar-refractivity contribution >= 4 is 22.7 Å². The van der Waals surface area contributed by atoms with E-state index in [9.17, 15) is 9.59 Å². The second-order valence-electron chi connectivity index (χ2n) is 6.90. The van der Waals surface area contributed by atoms with Crippen molar-refractivity contribution in [2.45, 2.75) is 32.7 Å². The van der Waals surface area contributed by atoms with Crippen LogP contribution in [-0.4, -0.2) is 52.8 Å². The molecule has 2 heterocycles. The van der Waals surface area contributed by atoms with E-state index in [0.29, 0.717) is 18.8 Å². The standard InChI is InChI=1S/C19H25N3O2/c1-13(2)21(3)18(23)15-8-6-10-22(12-15)19(24)17-11-14-7-4-5-9-16(14)20-17/h4-5,7,9,11,13,15,20H,6,8,10,12H2,1-3H3/t15-/m1/s1. The molecule has 24 heavy (non-hydrogen) atoms. The maximum absolute atomic E-state index is 12.8. The summed E-state index contributed by atoms with van der Waals surface area (Å²) in [6, 6.07) is 9.93. The third-order valence-corrected chi connectivity index (χ3v) is 4.94. The molecule has 3 rings (SSSR count). The summed E-state index contributed by atoms with van der Waals surface area (Å²) in [4.78, 5) is 32.2. The van der Waals surface area contributed by atoms with Gasteiger partial charge in [-0.15, -0.1) is 0 Å². The predicted octanol–water partition coefficient (Wildman–Crippen LogP) is 2.89. The summed E-state index contributed by atoms with van der Waals surface area (Å²) in [5.41, 5.74) is 1.56. The lowest BCUT2D eigenvalue weighted by Gasteiger charge is -2.34. The first-order chi connectivity index (χ1) is 11.5. The molecule has 1 fully saturated rings. The van der Waals surface area contributed by atoms with Gasteiger partial charge in [0.1, 0.15) is 5.69 Å². The Morgan fingerprint density at radius 3 is 2.75 bits per heavy atom. The van der Waals surface area contributed by atoms with Gasteiger partial charge in [0.15, 0.2) is 0 Å². The Balaban J connectivity index is 1.74. The van der Waals surface area contributed by atoms with Gasteiger partial charge in [-0.2, -0.15) is 0 Å². The molecule has 1 aromatic carbocycles. The number of amides is 2. The normalized spacial score (nSPS) is 18.2. The Bertz CT molecular complexity index is 717. The highest BCUT2D eigenvalue weighted by Crippen LogP contribution is 2.22. The van der Waals surface area contributed by atoms with Crippen LogP contribution in [0.25, 0.3) is 10.9 Å². The molecular formula is C19H25N3O2. The number of H-pyrrole nitrogens is 1. The summed E-state index contributed by atoms with van der Waals surface area (Å²) in [5.74, 6) is 0.0227. The summed E-state index contributed by atoms with van der Waals surface area (Å²) in [6.45, 7) is 5.23. The molecule has 2 aromatic rings. The van der Waals surface area contributed by atoms with Crippen LogP contribution in [0, 0.1) is 5.92 Å². The maximum Gasteiger partial charge on any atom is 0.270 e. The van der Waals surface area contributed by atoms with Crippen LogP contribution in [0.5, 0.6) is 0 Å². The summed E-state index contributed by atoms with van der Waals surface area (Å²) < 4.78 is 0. The van der Waals surface area contributed by atoms with E-state index in [-0.39, 0.29) is 23.8 Å². The molecule has 1 atom stereocenters. The van der Waals surface area contributed by atoms with Crippen LogP contribution in [0.4, 0.5) is 0 Å². The van der Waals surface area contributed by atoms with E-state index in [2.05, 4.69) is 4.98 Å². The number of para-hydroxylation sites is 1. The molecule has 1 saturated heterocycles. The average Bonchev–Trinajstić information content (AvgIpc) is 3.03. The number of nitrogens with zero attached hydrogens (tertiary/aromatic N) is 2. The maximum atomic E-state index is 12.8. The molecule has 0 saturated carbocycles. The zero-order chi connectivity index (χ0) is 17.3. The highest BCUT2D eigenvalue weighted by molar-refractivity contribution is 5.98. The van der Waals surface area contributed by atoms with Gasteiger partial charge in [-0.3, -0.25) is 9.59 Å². The van der Waals surface area contributed by atoms with Crippen LogP contribution in [-0.2, 0) is 4.79 Å². The Kier molecular flexibility index (Phi) is 4.60. The fourth-order valence-corrected chi connectivity index (χ4v) is 3.26. The van der Waals surface area contributed by atoms with Crippen molar-refractivity contribution in [1.82, 2.24) is 14.8 Å². The number of hydrogen-bond acceptors (Lipinski definition) is 2. The second-order valence-corrected chi connectivity index (χ2v) is 6.90. The van der Waals surface area contributed by atoms with Crippen LogP contribution >= 0.6 is 0 Å². The minimum atomic E-state index is -0.0977. The van der Waals surface area contributed by atoms with Crippen molar-refractivity contribution in [2.75, 3.05) is 20.1 Å². The average molecular weight is 327 g/mol. The first kappa shape index (κ1) is 16.6. The van der Waals surface area contributed by atoms with E-state index < -0.39 is 0 Å². The summed E-state index contributed by atoms with van der Waals surface area (Å²) in [5, 5.41) is 1.03. The number of piperidine rings is 1. The van der Waals surface area contributed by atoms with Crippen molar-refractivity contribution in [1.29, 1.82) is 0 Å². The summed E-state index contributed by atoms with van der Waals surface area (Å²) in [6.07, 6.45) is 1.72. The molecule has 1 aliphatic heterocycles. The highest BCUT2D eigenvalue weighted by atomic mass is 16.2. The molecule has 5 heteroatoms. The van der Waals surface area contributed by atoms with Crippen LogP contribution in [0.2, 0.25) is 0 Å². The van der Waals surface area contributed by atoms with Gasteiger partial charge in [0, 0.05) is 37.1 Å². The molecule has 1 aromatic heterocycles. The lowest BCUT2D eigenvalue weighted by Crippen LogP contribution is -2.47. The largest absolute Gasteiger partial charge is 0.351 e. The number of likely N-dealkylation sites (tertiary alicyclic amines) is 1. The Morgan fingerprint density at radius 2 is 2.04 bits per heavy atom. The first-order valence-corrected chi connectivity index (χ1v) is 8.61. The number of fused-ring (bicyclic) bond motifs is 1. The number of carbonyl (C=O) groups is 2. The smallest absolute Gasteiger partial charge is 0.270 e. The van der Waals surface area contributed by atoms with Crippen LogP contribution in [0.1, 0.15) is 37.2 Å². The van der Waals surface area contributed by atoms with Gasteiger partial charge >= 0.3 is 0 Å². The SMILES string of the molecule is CC(C)N(C)C(=O)[C@@H]1CCCN(C(=O)c2cc3ccccc3[nH]2)C1. The number of rotatable bonds is 3. The number of hydrogen-bond donors (Lipinski definition) is 1. The van der Waals surface area contributed by atoms with Crippen molar-refractivity contribution in [3.8, 4) is 0 Å². The summed E-state index contributed by atoms with van der Waals surface area (Å²) in [7, 11) is 1.84. The molecule has 0 bridgehead atoms. The Morgan fingerprint density at radius 1 is 1.29 bits per heavy atom. The molecule has 1 N–H and O–H groups in total. The molecule has 0 radical (unpaired) electrons. The van der Waals surface area contributed by atoms with Gasteiger partial charge in [0.2, 0.25) is 5.91 Å². The molecule has 0 unspecified atom stereocenters. The monoisotopic (exact) mass is 327 g/mol. The van der Waals surface area contributed by atoms with E-state index in [1.807, 2.05) is 56.1 Å². The molecule has 0 aliphatic carbocycles. The van der Waals surface area contributed by atoms with Crippen molar-refractivity contribution in [2.24, 2.45) is 5.92 Å². The Labute approximate surface area is 142 Å². The fourth-order valence-electron chi connectivity index (χ4n) is 3.26. The van der Waals surface area contributed by atoms with E-state index in [1.165, 1.54) is 0 Å². The fraction of sp³-hybridized carbons (Fsp3) is 0.474. The van der Waals surface area contributed by atoms with Crippen LogP contribution in [0.3, 0.4) is 0 Å². The number of aromatic nitrogens is 1. The van der Waals surface area contributed by atoms with Gasteiger partial charge in [-0.05, 0) is 38.8 Å². The highest BCUT2D eigenvalue weighted by Gasteiger charge is 2.31. The zero-order valence-electron chi connectivity index (χ0n) is 14.6.